The fraction of sp³-hybridized carbons (Fsp3) is 0.486. The summed E-state index contributed by atoms with van der Waals surface area (Å²) in [7, 11) is 1.85. The third kappa shape index (κ3) is 5.92. The summed E-state index contributed by atoms with van der Waals surface area (Å²) in [5.41, 5.74) is 4.57. The van der Waals surface area contributed by atoms with Crippen molar-refractivity contribution < 1.29 is 18.3 Å². The van der Waals surface area contributed by atoms with Gasteiger partial charge in [0.05, 0.1) is 24.6 Å². The molecule has 1 amide bonds. The molecule has 2 fully saturated rings. The highest BCUT2D eigenvalue weighted by molar-refractivity contribution is 6.00. The average molecular weight is 613 g/mol. The molecule has 8 nitrogen and oxygen atoms in total. The second-order valence-electron chi connectivity index (χ2n) is 12.5. The van der Waals surface area contributed by atoms with Crippen molar-refractivity contribution in [2.24, 2.45) is 10.9 Å². The van der Waals surface area contributed by atoms with Crippen molar-refractivity contribution in [3.8, 4) is 12.1 Å². The van der Waals surface area contributed by atoms with Gasteiger partial charge in [0.2, 0.25) is 11.8 Å². The number of alkyl halides is 1. The number of amides is 1. The third-order valence-electron chi connectivity index (χ3n) is 9.80. The number of carbonyl (C=O) groups is 1. The van der Waals surface area contributed by atoms with Gasteiger partial charge < -0.3 is 14.5 Å². The Morgan fingerprint density at radius 2 is 2.00 bits per heavy atom. The van der Waals surface area contributed by atoms with E-state index in [4.69, 9.17) is 9.73 Å². The molecule has 234 valence electrons. The summed E-state index contributed by atoms with van der Waals surface area (Å²) in [5.74, 6) is -1.04. The number of aliphatic imine (C=N–C) groups is 1. The molecule has 2 aliphatic carbocycles. The van der Waals surface area contributed by atoms with Crippen molar-refractivity contribution in [2.75, 3.05) is 39.8 Å². The lowest BCUT2D eigenvalue weighted by Gasteiger charge is -2.45. The molecule has 0 saturated carbocycles. The zero-order chi connectivity index (χ0) is 31.7. The maximum atomic E-state index is 16.2. The molecule has 2 unspecified atom stereocenters. The largest absolute Gasteiger partial charge is 0.475 e. The summed E-state index contributed by atoms with van der Waals surface area (Å²) < 4.78 is 36.6. The highest BCUT2D eigenvalue weighted by Gasteiger charge is 2.42. The van der Waals surface area contributed by atoms with Gasteiger partial charge in [0, 0.05) is 49.4 Å². The molecular weight excluding hydrogens is 574 g/mol. The number of ether oxygens (including phenoxy) is 1. The number of allylic oxidation sites excluding steroid dienone is 2. The van der Waals surface area contributed by atoms with Crippen LogP contribution in [-0.4, -0.2) is 90.6 Å². The number of benzene rings is 1. The van der Waals surface area contributed by atoms with E-state index in [1.807, 2.05) is 35.1 Å². The number of likely N-dealkylation sites (tertiary alicyclic amines) is 1. The van der Waals surface area contributed by atoms with E-state index in [1.165, 1.54) is 17.2 Å². The van der Waals surface area contributed by atoms with Crippen molar-refractivity contribution in [3.05, 3.63) is 76.8 Å². The molecule has 2 saturated heterocycles. The normalized spacial score (nSPS) is 28.2. The van der Waals surface area contributed by atoms with E-state index in [9.17, 15) is 19.7 Å². The predicted octanol–water partition coefficient (Wildman–Crippen LogP) is 4.66. The van der Waals surface area contributed by atoms with Crippen LogP contribution in [0.5, 0.6) is 0 Å². The second-order valence-corrected chi connectivity index (χ2v) is 12.5. The highest BCUT2D eigenvalue weighted by Crippen LogP contribution is 2.43. The van der Waals surface area contributed by atoms with Gasteiger partial charge >= 0.3 is 0 Å². The first-order valence-electron chi connectivity index (χ1n) is 15.8. The standard InChI is InChI=1S/C35H38F2N6O2/c1-3-33(44)43-14-13-42(20-24(43)11-12-38)34-29-16-31(37)28(27-10-6-8-22-7-4-5-9-26(22)27)17-32(29)40-35(30(34)18-39)45-21-25-15-23(36)19-41(25)2/h3,6,8,10,16-17,23-25,29,32H,1,4-5,7,9,11,13-15,19-21H2,2H3/t23-,24+,25+,29?,32?/m1/s1. The zero-order valence-corrected chi connectivity index (χ0v) is 25.6. The number of hydrogen-bond acceptors (Lipinski definition) is 7. The third-order valence-corrected chi connectivity index (χ3v) is 9.80. The summed E-state index contributed by atoms with van der Waals surface area (Å²) >= 11 is 0. The summed E-state index contributed by atoms with van der Waals surface area (Å²) in [4.78, 5) is 23.0. The Balaban J connectivity index is 1.39. The van der Waals surface area contributed by atoms with E-state index in [1.54, 1.807) is 11.0 Å². The lowest BCUT2D eigenvalue weighted by molar-refractivity contribution is -0.130. The maximum absolute atomic E-state index is 16.2. The molecule has 6 rings (SSSR count). The molecule has 0 bridgehead atoms. The molecule has 1 aromatic carbocycles. The molecule has 0 radical (unpaired) electrons. The maximum Gasteiger partial charge on any atom is 0.246 e. The van der Waals surface area contributed by atoms with Crippen LogP contribution in [0, 0.1) is 28.6 Å². The van der Waals surface area contributed by atoms with Crippen LogP contribution in [0.15, 0.2) is 65.1 Å². The lowest BCUT2D eigenvalue weighted by atomic mass is 9.79. The van der Waals surface area contributed by atoms with E-state index < -0.39 is 24.2 Å². The number of nitrogens with zero attached hydrogens (tertiary/aromatic N) is 6. The first-order chi connectivity index (χ1) is 21.8. The first-order valence-corrected chi connectivity index (χ1v) is 15.8. The van der Waals surface area contributed by atoms with Gasteiger partial charge in [-0.1, -0.05) is 24.8 Å². The lowest BCUT2D eigenvalue weighted by Crippen LogP contribution is -2.55. The van der Waals surface area contributed by atoms with Crippen molar-refractivity contribution >= 4 is 17.4 Å². The fourth-order valence-electron chi connectivity index (χ4n) is 7.51. The predicted molar refractivity (Wildman–Crippen MR) is 167 cm³/mol. The van der Waals surface area contributed by atoms with Gasteiger partial charge in [0.25, 0.3) is 0 Å². The summed E-state index contributed by atoms with van der Waals surface area (Å²) in [6.07, 6.45) is 8.19. The van der Waals surface area contributed by atoms with Gasteiger partial charge in [-0.05, 0) is 74.1 Å². The van der Waals surface area contributed by atoms with E-state index in [0.29, 0.717) is 37.3 Å². The average Bonchev–Trinajstić information content (AvgIpc) is 3.38. The van der Waals surface area contributed by atoms with Gasteiger partial charge in [0.1, 0.15) is 30.2 Å². The summed E-state index contributed by atoms with van der Waals surface area (Å²) in [6.45, 7) is 5.08. The molecule has 0 N–H and O–H groups in total. The molecule has 0 aromatic heterocycles. The zero-order valence-electron chi connectivity index (χ0n) is 25.6. The van der Waals surface area contributed by atoms with Crippen LogP contribution in [0.4, 0.5) is 8.78 Å². The molecule has 1 aromatic rings. The smallest absolute Gasteiger partial charge is 0.246 e. The topological polar surface area (TPSA) is 96.0 Å². The molecule has 0 spiro atoms. The molecule has 5 atom stereocenters. The number of halogens is 2. The van der Waals surface area contributed by atoms with Crippen LogP contribution >= 0.6 is 0 Å². The number of fused-ring (bicyclic) bond motifs is 2. The number of nitriles is 2. The number of dihydropyridines is 1. The minimum atomic E-state index is -0.941. The molecular formula is C35H38F2N6O2. The Labute approximate surface area is 263 Å². The van der Waals surface area contributed by atoms with E-state index in [2.05, 4.69) is 24.8 Å². The monoisotopic (exact) mass is 612 g/mol. The van der Waals surface area contributed by atoms with Crippen LogP contribution in [-0.2, 0) is 22.4 Å². The molecule has 10 heteroatoms. The Morgan fingerprint density at radius 3 is 2.73 bits per heavy atom. The minimum Gasteiger partial charge on any atom is -0.475 e. The van der Waals surface area contributed by atoms with E-state index in [0.717, 1.165) is 31.2 Å². The van der Waals surface area contributed by atoms with Crippen molar-refractivity contribution in [2.45, 2.75) is 62.8 Å². The van der Waals surface area contributed by atoms with Crippen molar-refractivity contribution in [3.63, 3.8) is 0 Å². The van der Waals surface area contributed by atoms with Gasteiger partial charge in [-0.25, -0.2) is 13.8 Å². The molecule has 45 heavy (non-hydrogen) atoms. The number of hydrogen-bond donors (Lipinski definition) is 0. The SMILES string of the molecule is C=CC(=O)N1CCN(C2=C(C#N)C(OC[C@@H]3C[C@@H](F)CN3C)=NC3C=C(c4cccc5c4CCCC5)C(F)=CC23)C[C@@H]1CC#N. The van der Waals surface area contributed by atoms with Crippen LogP contribution in [0.1, 0.15) is 42.4 Å². The Bertz CT molecular complexity index is 1580. The first kappa shape index (κ1) is 30.7. The van der Waals surface area contributed by atoms with Crippen LogP contribution in [0.25, 0.3) is 5.57 Å². The second kappa shape index (κ2) is 13.0. The van der Waals surface area contributed by atoms with E-state index in [-0.39, 0.29) is 48.8 Å². The molecule has 3 heterocycles. The van der Waals surface area contributed by atoms with Crippen LogP contribution in [0.2, 0.25) is 0 Å². The number of carbonyl (C=O) groups excluding carboxylic acids is 1. The summed E-state index contributed by atoms with van der Waals surface area (Å²) in [5, 5.41) is 20.0. The van der Waals surface area contributed by atoms with Crippen LogP contribution in [0.3, 0.4) is 0 Å². The molecule has 5 aliphatic rings. The quantitative estimate of drug-likeness (QED) is 0.434. The number of rotatable bonds is 6. The van der Waals surface area contributed by atoms with Gasteiger partial charge in [-0.15, -0.1) is 0 Å². The van der Waals surface area contributed by atoms with Gasteiger partial charge in [-0.3, -0.25) is 9.69 Å². The van der Waals surface area contributed by atoms with Crippen LogP contribution < -0.4 is 0 Å². The fourth-order valence-corrected chi connectivity index (χ4v) is 7.51. The molecule has 3 aliphatic heterocycles. The van der Waals surface area contributed by atoms with E-state index >= 15 is 4.39 Å². The van der Waals surface area contributed by atoms with Crippen molar-refractivity contribution in [1.82, 2.24) is 14.7 Å². The summed E-state index contributed by atoms with van der Waals surface area (Å²) in [6, 6.07) is 9.38. The van der Waals surface area contributed by atoms with Crippen molar-refractivity contribution in [1.29, 1.82) is 10.5 Å². The minimum absolute atomic E-state index is 0.0998. The number of likely N-dealkylation sites (N-methyl/N-ethyl adjacent to an activating group) is 1. The number of piperazine rings is 1. The van der Waals surface area contributed by atoms with Gasteiger partial charge in [0.15, 0.2) is 0 Å². The Hall–Kier alpha value is -4.28. The Kier molecular flexibility index (Phi) is 8.87. The highest BCUT2D eigenvalue weighted by atomic mass is 19.1. The van der Waals surface area contributed by atoms with Gasteiger partial charge in [-0.2, -0.15) is 10.5 Å². The number of aryl methyl sites for hydroxylation is 1. The Morgan fingerprint density at radius 1 is 1.18 bits per heavy atom.